The van der Waals surface area contributed by atoms with Gasteiger partial charge in [0.05, 0.1) is 35.8 Å². The van der Waals surface area contributed by atoms with E-state index in [9.17, 15) is 19.5 Å². The molecule has 3 N–H and O–H groups in total. The fourth-order valence-corrected chi connectivity index (χ4v) is 9.21. The van der Waals surface area contributed by atoms with Crippen LogP contribution in [0.3, 0.4) is 0 Å². The summed E-state index contributed by atoms with van der Waals surface area (Å²) in [6, 6.07) is 19.6. The molecule has 3 saturated heterocycles. The molecule has 41 heavy (non-hydrogen) atoms. The maximum absolute atomic E-state index is 14.2. The van der Waals surface area contributed by atoms with Gasteiger partial charge in [-0.15, -0.1) is 11.8 Å². The quantitative estimate of drug-likeness (QED) is 0.343. The Morgan fingerprint density at radius 1 is 1.02 bits per heavy atom. The SMILES string of the molecule is CCOc1ccc(NC(=O)[C@@H]2[C@H]3C(=O)N([C@@H](CC)CO)C(C(=O)Nc4ccc5ccccc5c4)C34CC[C@H]2S4)cc1. The summed E-state index contributed by atoms with van der Waals surface area (Å²) >= 11 is 1.62. The third-order valence-corrected chi connectivity index (χ3v) is 10.8. The van der Waals surface area contributed by atoms with Crippen LogP contribution in [-0.2, 0) is 14.4 Å². The first-order chi connectivity index (χ1) is 19.9. The number of carbonyl (C=O) groups excluding carboxylic acids is 3. The number of amides is 3. The fourth-order valence-electron chi connectivity index (χ4n) is 7.00. The van der Waals surface area contributed by atoms with Gasteiger partial charge in [-0.2, -0.15) is 0 Å². The second-order valence-corrected chi connectivity index (χ2v) is 12.6. The first-order valence-corrected chi connectivity index (χ1v) is 15.2. The number of aliphatic hydroxyl groups excluding tert-OH is 1. The zero-order chi connectivity index (χ0) is 28.7. The minimum Gasteiger partial charge on any atom is -0.494 e. The summed E-state index contributed by atoms with van der Waals surface area (Å²) in [6.07, 6.45) is 1.92. The van der Waals surface area contributed by atoms with Crippen LogP contribution in [0.2, 0.25) is 0 Å². The summed E-state index contributed by atoms with van der Waals surface area (Å²) < 4.78 is 4.77. The lowest BCUT2D eigenvalue weighted by atomic mass is 9.70. The van der Waals surface area contributed by atoms with Gasteiger partial charge in [-0.05, 0) is 73.4 Å². The van der Waals surface area contributed by atoms with E-state index in [-0.39, 0.29) is 29.6 Å². The van der Waals surface area contributed by atoms with Crippen molar-refractivity contribution < 1.29 is 24.2 Å². The number of likely N-dealkylation sites (tertiary alicyclic amines) is 1. The lowest BCUT2D eigenvalue weighted by Gasteiger charge is -2.36. The number of ether oxygens (including phenoxy) is 1. The number of thioether (sulfide) groups is 1. The minimum atomic E-state index is -0.790. The number of rotatable bonds is 9. The Labute approximate surface area is 243 Å². The summed E-state index contributed by atoms with van der Waals surface area (Å²) in [6.45, 7) is 4.12. The number of hydrogen-bond acceptors (Lipinski definition) is 6. The van der Waals surface area contributed by atoms with Crippen LogP contribution < -0.4 is 15.4 Å². The van der Waals surface area contributed by atoms with E-state index in [1.54, 1.807) is 40.9 Å². The Hall–Kier alpha value is -3.56. The number of nitrogens with zero attached hydrogens (tertiary/aromatic N) is 1. The van der Waals surface area contributed by atoms with E-state index < -0.39 is 28.7 Å². The molecule has 3 aromatic carbocycles. The van der Waals surface area contributed by atoms with Crippen molar-refractivity contribution in [2.45, 2.75) is 55.2 Å². The van der Waals surface area contributed by atoms with Crippen molar-refractivity contribution in [1.29, 1.82) is 0 Å². The summed E-state index contributed by atoms with van der Waals surface area (Å²) in [5.74, 6) is -1.18. The zero-order valence-corrected chi connectivity index (χ0v) is 24.0. The standard InChI is InChI=1S/C32H35N3O5S/c1-3-23(18-36)35-28(30(38)34-22-10-9-19-7-5-6-8-20(19)17-22)32-16-15-25(41-32)26(27(32)31(35)39)29(37)33-21-11-13-24(14-12-21)40-4-2/h5-14,17,23,25-28,36H,3-4,15-16,18H2,1-2H3,(H,33,37)(H,34,38)/t23-,25+,26-,27-,28?,32?/m0/s1. The highest BCUT2D eigenvalue weighted by atomic mass is 32.2. The molecule has 1 spiro atoms. The third kappa shape index (κ3) is 4.65. The largest absolute Gasteiger partial charge is 0.494 e. The molecule has 3 fully saturated rings. The van der Waals surface area contributed by atoms with E-state index in [0.717, 1.165) is 22.9 Å². The highest BCUT2D eigenvalue weighted by molar-refractivity contribution is 8.02. The molecule has 8 nitrogen and oxygen atoms in total. The van der Waals surface area contributed by atoms with Crippen LogP contribution in [0.4, 0.5) is 11.4 Å². The van der Waals surface area contributed by atoms with Crippen molar-refractivity contribution >= 4 is 51.6 Å². The van der Waals surface area contributed by atoms with Crippen LogP contribution in [0, 0.1) is 11.8 Å². The maximum atomic E-state index is 14.2. The van der Waals surface area contributed by atoms with Crippen molar-refractivity contribution in [1.82, 2.24) is 4.90 Å². The molecule has 9 heteroatoms. The molecule has 3 aromatic rings. The summed E-state index contributed by atoms with van der Waals surface area (Å²) in [4.78, 5) is 43.6. The molecule has 0 aromatic heterocycles. The van der Waals surface area contributed by atoms with Gasteiger partial charge in [0.25, 0.3) is 0 Å². The number of carbonyl (C=O) groups is 3. The molecule has 6 rings (SSSR count). The van der Waals surface area contributed by atoms with Gasteiger partial charge in [0.1, 0.15) is 11.8 Å². The van der Waals surface area contributed by atoms with Gasteiger partial charge in [0, 0.05) is 16.6 Å². The minimum absolute atomic E-state index is 0.0565. The van der Waals surface area contributed by atoms with Crippen LogP contribution >= 0.6 is 11.8 Å². The number of hydrogen-bond donors (Lipinski definition) is 3. The van der Waals surface area contributed by atoms with E-state index in [2.05, 4.69) is 10.6 Å². The molecule has 2 bridgehead atoms. The molecule has 214 valence electrons. The summed E-state index contributed by atoms with van der Waals surface area (Å²) in [5, 5.41) is 18.4. The lowest BCUT2D eigenvalue weighted by Crippen LogP contribution is -2.54. The Kier molecular flexibility index (Phi) is 7.42. The molecule has 3 heterocycles. The van der Waals surface area contributed by atoms with E-state index in [1.165, 1.54) is 0 Å². The molecule has 0 aliphatic carbocycles. The first kappa shape index (κ1) is 27.6. The number of benzene rings is 3. The van der Waals surface area contributed by atoms with Crippen molar-refractivity contribution in [2.24, 2.45) is 11.8 Å². The fraction of sp³-hybridized carbons (Fsp3) is 0.406. The smallest absolute Gasteiger partial charge is 0.248 e. The van der Waals surface area contributed by atoms with E-state index in [4.69, 9.17) is 4.74 Å². The lowest BCUT2D eigenvalue weighted by molar-refractivity contribution is -0.141. The van der Waals surface area contributed by atoms with Gasteiger partial charge >= 0.3 is 0 Å². The van der Waals surface area contributed by atoms with Crippen molar-refractivity contribution in [3.63, 3.8) is 0 Å². The Morgan fingerprint density at radius 2 is 1.73 bits per heavy atom. The zero-order valence-electron chi connectivity index (χ0n) is 23.2. The molecular formula is C32H35N3O5S. The highest BCUT2D eigenvalue weighted by Gasteiger charge is 2.74. The van der Waals surface area contributed by atoms with Gasteiger partial charge in [0.15, 0.2) is 0 Å². The van der Waals surface area contributed by atoms with Crippen LogP contribution in [0.1, 0.15) is 33.1 Å². The highest BCUT2D eigenvalue weighted by Crippen LogP contribution is 2.66. The average Bonchev–Trinajstić information content (AvgIpc) is 3.62. The summed E-state index contributed by atoms with van der Waals surface area (Å²) in [5.41, 5.74) is 1.29. The molecule has 2 unspecified atom stereocenters. The van der Waals surface area contributed by atoms with Gasteiger partial charge in [-0.3, -0.25) is 14.4 Å². The monoisotopic (exact) mass is 573 g/mol. The number of anilines is 2. The third-order valence-electron chi connectivity index (χ3n) is 8.81. The van der Waals surface area contributed by atoms with Crippen LogP contribution in [0.15, 0.2) is 66.7 Å². The maximum Gasteiger partial charge on any atom is 0.248 e. The van der Waals surface area contributed by atoms with Gasteiger partial charge in [-0.25, -0.2) is 0 Å². The van der Waals surface area contributed by atoms with Gasteiger partial charge < -0.3 is 25.4 Å². The van der Waals surface area contributed by atoms with E-state index in [1.807, 2.05) is 56.3 Å². The molecule has 3 aliphatic rings. The van der Waals surface area contributed by atoms with Crippen LogP contribution in [0.5, 0.6) is 5.75 Å². The first-order valence-electron chi connectivity index (χ1n) is 14.3. The van der Waals surface area contributed by atoms with Gasteiger partial charge in [0.2, 0.25) is 17.7 Å². The van der Waals surface area contributed by atoms with Crippen molar-refractivity contribution in [3.05, 3.63) is 66.7 Å². The van der Waals surface area contributed by atoms with E-state index in [0.29, 0.717) is 30.8 Å². The molecule has 6 atom stereocenters. The molecule has 0 radical (unpaired) electrons. The van der Waals surface area contributed by atoms with Crippen molar-refractivity contribution in [2.75, 3.05) is 23.8 Å². The normalized spacial score (nSPS) is 27.1. The number of nitrogens with one attached hydrogen (secondary N) is 2. The van der Waals surface area contributed by atoms with Crippen LogP contribution in [0.25, 0.3) is 10.8 Å². The Balaban J connectivity index is 1.30. The van der Waals surface area contributed by atoms with Crippen LogP contribution in [-0.4, -0.2) is 63.0 Å². The number of aliphatic hydroxyl groups is 1. The molecule has 0 saturated carbocycles. The average molecular weight is 574 g/mol. The predicted molar refractivity (Wildman–Crippen MR) is 161 cm³/mol. The topological polar surface area (TPSA) is 108 Å². The van der Waals surface area contributed by atoms with E-state index >= 15 is 0 Å². The molecular weight excluding hydrogens is 538 g/mol. The molecule has 3 amide bonds. The van der Waals surface area contributed by atoms with Gasteiger partial charge in [-0.1, -0.05) is 37.3 Å². The Bertz CT molecular complexity index is 1480. The molecule has 3 aliphatic heterocycles. The second kappa shape index (κ2) is 11.0. The van der Waals surface area contributed by atoms with Crippen molar-refractivity contribution in [3.8, 4) is 5.75 Å². The summed E-state index contributed by atoms with van der Waals surface area (Å²) in [7, 11) is 0. The second-order valence-electron chi connectivity index (χ2n) is 11.0. The Morgan fingerprint density at radius 3 is 2.44 bits per heavy atom. The number of fused-ring (bicyclic) bond motifs is 2. The predicted octanol–water partition coefficient (Wildman–Crippen LogP) is 4.68.